The standard InChI is InChI=1S/C18H20F2N4S/c19-14-4-3-7-17(18(14)20)24-16-6-2-1-5-15(16)23(25-24)13-12-22-10-8-21-9-11-22/h1-7,21H,8-13H2. The first-order chi connectivity index (χ1) is 12.2. The number of halogens is 2. The molecule has 2 aromatic carbocycles. The number of fused-ring (bicyclic) bond motifs is 1. The monoisotopic (exact) mass is 362 g/mol. The van der Waals surface area contributed by atoms with E-state index in [1.165, 1.54) is 12.1 Å². The number of hydrogen-bond donors (Lipinski definition) is 1. The maximum absolute atomic E-state index is 14.3. The summed E-state index contributed by atoms with van der Waals surface area (Å²) in [4.78, 5) is 2.42. The first kappa shape index (κ1) is 16.6. The van der Waals surface area contributed by atoms with Crippen LogP contribution < -0.4 is 13.9 Å². The Balaban J connectivity index is 1.56. The summed E-state index contributed by atoms with van der Waals surface area (Å²) >= 11 is 1.42. The summed E-state index contributed by atoms with van der Waals surface area (Å²) in [5, 5.41) is 3.35. The van der Waals surface area contributed by atoms with Gasteiger partial charge >= 0.3 is 0 Å². The zero-order valence-electron chi connectivity index (χ0n) is 13.8. The summed E-state index contributed by atoms with van der Waals surface area (Å²) in [7, 11) is 0. The molecular formula is C18H20F2N4S. The second-order valence-electron chi connectivity index (χ2n) is 6.13. The van der Waals surface area contributed by atoms with E-state index in [4.69, 9.17) is 0 Å². The van der Waals surface area contributed by atoms with E-state index in [1.807, 2.05) is 24.3 Å². The molecule has 0 radical (unpaired) electrons. The third-order valence-electron chi connectivity index (χ3n) is 4.53. The second kappa shape index (κ2) is 7.19. The van der Waals surface area contributed by atoms with Crippen LogP contribution in [-0.2, 0) is 0 Å². The van der Waals surface area contributed by atoms with Crippen molar-refractivity contribution in [2.75, 3.05) is 47.9 Å². The molecule has 0 unspecified atom stereocenters. The molecule has 1 N–H and O–H groups in total. The van der Waals surface area contributed by atoms with Crippen LogP contribution in [0.5, 0.6) is 0 Å². The number of anilines is 3. The normalized spacial score (nSPS) is 17.8. The van der Waals surface area contributed by atoms with Gasteiger partial charge in [-0.3, -0.25) is 13.5 Å². The summed E-state index contributed by atoms with van der Waals surface area (Å²) in [5.74, 6) is -1.64. The third-order valence-corrected chi connectivity index (χ3v) is 5.66. The molecule has 0 atom stereocenters. The molecule has 25 heavy (non-hydrogen) atoms. The Morgan fingerprint density at radius 3 is 2.40 bits per heavy atom. The minimum absolute atomic E-state index is 0.252. The lowest BCUT2D eigenvalue weighted by molar-refractivity contribution is 0.248. The largest absolute Gasteiger partial charge is 0.314 e. The molecule has 0 aliphatic carbocycles. The van der Waals surface area contributed by atoms with Gasteiger partial charge in [0.2, 0.25) is 0 Å². The highest BCUT2D eigenvalue weighted by Gasteiger charge is 2.30. The molecule has 2 aromatic rings. The molecule has 0 aromatic heterocycles. The molecule has 132 valence electrons. The van der Waals surface area contributed by atoms with Crippen LogP contribution in [0.2, 0.25) is 0 Å². The number of benzene rings is 2. The summed E-state index contributed by atoms with van der Waals surface area (Å²) in [6.07, 6.45) is 0. The molecule has 2 aliphatic rings. The van der Waals surface area contributed by atoms with Crippen molar-refractivity contribution in [3.05, 3.63) is 54.1 Å². The molecule has 1 saturated heterocycles. The quantitative estimate of drug-likeness (QED) is 0.840. The zero-order valence-corrected chi connectivity index (χ0v) is 14.6. The molecule has 4 rings (SSSR count). The molecule has 0 bridgehead atoms. The van der Waals surface area contributed by atoms with E-state index in [-0.39, 0.29) is 5.69 Å². The van der Waals surface area contributed by atoms with Crippen molar-refractivity contribution < 1.29 is 8.78 Å². The van der Waals surface area contributed by atoms with E-state index in [9.17, 15) is 8.78 Å². The molecular weight excluding hydrogens is 342 g/mol. The van der Waals surface area contributed by atoms with Crippen LogP contribution in [0.25, 0.3) is 0 Å². The van der Waals surface area contributed by atoms with Gasteiger partial charge in [0.25, 0.3) is 0 Å². The van der Waals surface area contributed by atoms with E-state index >= 15 is 0 Å². The lowest BCUT2D eigenvalue weighted by atomic mass is 10.2. The van der Waals surface area contributed by atoms with Crippen molar-refractivity contribution in [1.82, 2.24) is 10.2 Å². The predicted octanol–water partition coefficient (Wildman–Crippen LogP) is 3.39. The van der Waals surface area contributed by atoms with Gasteiger partial charge in [0, 0.05) is 39.3 Å². The summed E-state index contributed by atoms with van der Waals surface area (Å²) < 4.78 is 31.9. The number of para-hydroxylation sites is 2. The minimum atomic E-state index is -0.824. The van der Waals surface area contributed by atoms with Crippen LogP contribution >= 0.6 is 12.1 Å². The van der Waals surface area contributed by atoms with Gasteiger partial charge in [0.1, 0.15) is 0 Å². The molecule has 0 spiro atoms. The Hall–Kier alpha value is -1.83. The van der Waals surface area contributed by atoms with Gasteiger partial charge in [-0.25, -0.2) is 8.78 Å². The summed E-state index contributed by atoms with van der Waals surface area (Å²) in [6.45, 7) is 5.90. The van der Waals surface area contributed by atoms with Gasteiger partial charge in [0.05, 0.1) is 29.2 Å². The van der Waals surface area contributed by atoms with Gasteiger partial charge < -0.3 is 5.32 Å². The highest BCUT2D eigenvalue weighted by molar-refractivity contribution is 8.02. The van der Waals surface area contributed by atoms with Gasteiger partial charge in [-0.2, -0.15) is 0 Å². The van der Waals surface area contributed by atoms with Crippen molar-refractivity contribution in [3.8, 4) is 0 Å². The number of nitrogens with one attached hydrogen (secondary N) is 1. The van der Waals surface area contributed by atoms with E-state index in [0.717, 1.165) is 56.7 Å². The van der Waals surface area contributed by atoms with Crippen molar-refractivity contribution in [2.45, 2.75) is 0 Å². The van der Waals surface area contributed by atoms with Crippen molar-refractivity contribution >= 4 is 29.2 Å². The van der Waals surface area contributed by atoms with Gasteiger partial charge in [-0.15, -0.1) is 0 Å². The number of hydrogen-bond acceptors (Lipinski definition) is 5. The molecule has 4 nitrogen and oxygen atoms in total. The first-order valence-electron chi connectivity index (χ1n) is 8.46. The molecule has 2 aliphatic heterocycles. The predicted molar refractivity (Wildman–Crippen MR) is 99.2 cm³/mol. The molecule has 2 heterocycles. The number of nitrogens with zero attached hydrogens (tertiary/aromatic N) is 3. The highest BCUT2D eigenvalue weighted by Crippen LogP contribution is 2.49. The van der Waals surface area contributed by atoms with Gasteiger partial charge in [0.15, 0.2) is 11.6 Å². The Morgan fingerprint density at radius 1 is 0.880 bits per heavy atom. The van der Waals surface area contributed by atoms with Crippen LogP contribution in [0, 0.1) is 11.6 Å². The van der Waals surface area contributed by atoms with E-state index < -0.39 is 11.6 Å². The van der Waals surface area contributed by atoms with Crippen molar-refractivity contribution in [3.63, 3.8) is 0 Å². The highest BCUT2D eigenvalue weighted by atomic mass is 32.2. The SMILES string of the molecule is Fc1cccc(N2SN(CCN3CCNCC3)c3ccccc32)c1F. The summed E-state index contributed by atoms with van der Waals surface area (Å²) in [5.41, 5.74) is 2.17. The Kier molecular flexibility index (Phi) is 4.78. The lowest BCUT2D eigenvalue weighted by Gasteiger charge is -2.29. The van der Waals surface area contributed by atoms with E-state index in [2.05, 4.69) is 14.5 Å². The fourth-order valence-electron chi connectivity index (χ4n) is 3.18. The van der Waals surface area contributed by atoms with Crippen LogP contribution in [0.1, 0.15) is 0 Å². The Bertz CT molecular complexity index is 752. The van der Waals surface area contributed by atoms with Crippen LogP contribution in [0.4, 0.5) is 25.8 Å². The van der Waals surface area contributed by atoms with Gasteiger partial charge in [-0.05, 0) is 24.3 Å². The average Bonchev–Trinajstić information content (AvgIpc) is 3.02. The minimum Gasteiger partial charge on any atom is -0.314 e. The maximum Gasteiger partial charge on any atom is 0.183 e. The third kappa shape index (κ3) is 3.31. The number of piperazine rings is 1. The van der Waals surface area contributed by atoms with Crippen LogP contribution in [0.15, 0.2) is 42.5 Å². The Labute approximate surface area is 150 Å². The molecule has 0 amide bonds. The molecule has 0 saturated carbocycles. The van der Waals surface area contributed by atoms with Crippen molar-refractivity contribution in [2.24, 2.45) is 0 Å². The topological polar surface area (TPSA) is 21.8 Å². The van der Waals surface area contributed by atoms with Crippen LogP contribution in [0.3, 0.4) is 0 Å². The van der Waals surface area contributed by atoms with E-state index in [1.54, 1.807) is 16.4 Å². The fraction of sp³-hybridized carbons (Fsp3) is 0.333. The molecule has 1 fully saturated rings. The van der Waals surface area contributed by atoms with Crippen LogP contribution in [-0.4, -0.2) is 44.2 Å². The van der Waals surface area contributed by atoms with Gasteiger partial charge in [-0.1, -0.05) is 18.2 Å². The second-order valence-corrected chi connectivity index (χ2v) is 7.10. The van der Waals surface area contributed by atoms with Crippen molar-refractivity contribution in [1.29, 1.82) is 0 Å². The summed E-state index contributed by atoms with van der Waals surface area (Å²) in [6, 6.07) is 12.2. The van der Waals surface area contributed by atoms with E-state index in [0.29, 0.717) is 0 Å². The lowest BCUT2D eigenvalue weighted by Crippen LogP contribution is -2.45. The molecule has 7 heteroatoms. The maximum atomic E-state index is 14.3. The smallest absolute Gasteiger partial charge is 0.183 e. The fourth-order valence-corrected chi connectivity index (χ4v) is 4.26. The first-order valence-corrected chi connectivity index (χ1v) is 9.19. The average molecular weight is 362 g/mol. The Morgan fingerprint density at radius 2 is 1.60 bits per heavy atom. The number of rotatable bonds is 4. The zero-order chi connectivity index (χ0) is 17.2.